The first-order chi connectivity index (χ1) is 15.8. The number of carbonyl (C=O) groups excluding carboxylic acids is 1. The highest BCUT2D eigenvalue weighted by Crippen LogP contribution is 2.35. The van der Waals surface area contributed by atoms with Crippen molar-refractivity contribution in [1.82, 2.24) is 15.2 Å². The van der Waals surface area contributed by atoms with Gasteiger partial charge in [0, 0.05) is 62.6 Å². The highest BCUT2D eigenvalue weighted by atomic mass is 19.4. The third-order valence-electron chi connectivity index (χ3n) is 7.34. The molecule has 2 aliphatic heterocycles. The number of pyridine rings is 1. The molecule has 1 N–H and O–H groups in total. The van der Waals surface area contributed by atoms with Crippen LogP contribution in [-0.4, -0.2) is 60.3 Å². The quantitative estimate of drug-likeness (QED) is 0.688. The number of halogens is 3. The summed E-state index contributed by atoms with van der Waals surface area (Å²) in [6, 6.07) is 1.60. The van der Waals surface area contributed by atoms with Gasteiger partial charge in [0.15, 0.2) is 0 Å². The molecular formula is C24H34F3N3O3. The molecule has 5 atom stereocenters. The molecule has 1 amide bonds. The number of fused-ring (bicyclic) bond motifs is 1. The molecule has 1 aromatic heterocycles. The van der Waals surface area contributed by atoms with E-state index in [2.05, 4.69) is 17.2 Å². The van der Waals surface area contributed by atoms with Gasteiger partial charge in [-0.05, 0) is 43.7 Å². The smallest absolute Gasteiger partial charge is 0.379 e. The highest BCUT2D eigenvalue weighted by Gasteiger charge is 2.40. The van der Waals surface area contributed by atoms with E-state index in [-0.39, 0.29) is 42.6 Å². The topological polar surface area (TPSA) is 63.7 Å². The van der Waals surface area contributed by atoms with Crippen LogP contribution in [0, 0.1) is 5.92 Å². The number of aromatic nitrogens is 1. The maximum absolute atomic E-state index is 13.5. The van der Waals surface area contributed by atoms with Crippen molar-refractivity contribution < 1.29 is 27.4 Å². The van der Waals surface area contributed by atoms with Gasteiger partial charge in [0.1, 0.15) is 0 Å². The Morgan fingerprint density at radius 1 is 1.33 bits per heavy atom. The molecule has 3 heterocycles. The second kappa shape index (κ2) is 10.3. The minimum absolute atomic E-state index is 0.0105. The van der Waals surface area contributed by atoms with Crippen molar-refractivity contribution in [2.75, 3.05) is 20.3 Å². The molecular weight excluding hydrogens is 435 g/mol. The Labute approximate surface area is 193 Å². The molecule has 6 nitrogen and oxygen atoms in total. The molecule has 1 aromatic rings. The zero-order valence-electron chi connectivity index (χ0n) is 19.4. The first kappa shape index (κ1) is 24.4. The molecule has 3 aliphatic rings. The molecule has 1 aliphatic carbocycles. The largest absolute Gasteiger partial charge is 0.417 e. The van der Waals surface area contributed by atoms with Crippen LogP contribution >= 0.6 is 0 Å². The lowest BCUT2D eigenvalue weighted by Crippen LogP contribution is -2.51. The summed E-state index contributed by atoms with van der Waals surface area (Å²) in [7, 11) is 1.69. The SMILES string of the molecule is CCCC1Cc2ncc(C(F)(F)F)cc2CN1C(=O)[C@H]1CC[C@@H](N[C@H]2CCOC[C@H]2OC)C1. The van der Waals surface area contributed by atoms with Gasteiger partial charge in [0.05, 0.1) is 18.3 Å². The van der Waals surface area contributed by atoms with Crippen molar-refractivity contribution >= 4 is 5.91 Å². The van der Waals surface area contributed by atoms with Crippen LogP contribution in [-0.2, 0) is 33.4 Å². The molecule has 0 radical (unpaired) electrons. The van der Waals surface area contributed by atoms with Crippen LogP contribution in [0.5, 0.6) is 0 Å². The predicted molar refractivity (Wildman–Crippen MR) is 116 cm³/mol. The van der Waals surface area contributed by atoms with Crippen LogP contribution in [0.2, 0.25) is 0 Å². The number of hydrogen-bond donors (Lipinski definition) is 1. The number of alkyl halides is 3. The Morgan fingerprint density at radius 2 is 2.15 bits per heavy atom. The summed E-state index contributed by atoms with van der Waals surface area (Å²) >= 11 is 0. The van der Waals surface area contributed by atoms with E-state index in [1.165, 1.54) is 6.07 Å². The molecule has 0 aromatic carbocycles. The number of ether oxygens (including phenoxy) is 2. The zero-order valence-corrected chi connectivity index (χ0v) is 19.4. The highest BCUT2D eigenvalue weighted by molar-refractivity contribution is 5.80. The van der Waals surface area contributed by atoms with E-state index in [4.69, 9.17) is 9.47 Å². The fourth-order valence-electron chi connectivity index (χ4n) is 5.54. The fourth-order valence-corrected chi connectivity index (χ4v) is 5.54. The van der Waals surface area contributed by atoms with Crippen molar-refractivity contribution in [2.45, 2.75) is 88.8 Å². The summed E-state index contributed by atoms with van der Waals surface area (Å²) in [6.45, 7) is 3.54. The standard InChI is InChI=1S/C24H34F3N3O3/c1-3-4-19-11-21-16(9-17(12-28-21)24(25,26)27)13-30(19)23(31)15-5-6-18(10-15)29-20-7-8-33-14-22(20)32-2/h9,12,15,18-20,22,29H,3-8,10-11,13-14H2,1-2H3/t15-,18+,19?,20-,22+/m0/s1. The molecule has 0 bridgehead atoms. The van der Waals surface area contributed by atoms with Crippen molar-refractivity contribution in [1.29, 1.82) is 0 Å². The Bertz CT molecular complexity index is 835. The van der Waals surface area contributed by atoms with Gasteiger partial charge in [-0.3, -0.25) is 9.78 Å². The number of carbonyl (C=O) groups is 1. The lowest BCUT2D eigenvalue weighted by atomic mass is 9.92. The minimum atomic E-state index is -4.44. The molecule has 4 rings (SSSR count). The van der Waals surface area contributed by atoms with Crippen LogP contribution in [0.1, 0.15) is 62.3 Å². The predicted octanol–water partition coefficient (Wildman–Crippen LogP) is 3.72. The van der Waals surface area contributed by atoms with Gasteiger partial charge < -0.3 is 19.7 Å². The number of rotatable bonds is 6. The van der Waals surface area contributed by atoms with Crippen LogP contribution < -0.4 is 5.32 Å². The van der Waals surface area contributed by atoms with Crippen molar-refractivity contribution in [3.8, 4) is 0 Å². The van der Waals surface area contributed by atoms with Crippen LogP contribution in [0.3, 0.4) is 0 Å². The lowest BCUT2D eigenvalue weighted by molar-refractivity contribution is -0.139. The second-order valence-corrected chi connectivity index (χ2v) is 9.56. The van der Waals surface area contributed by atoms with Gasteiger partial charge in [-0.1, -0.05) is 13.3 Å². The Kier molecular flexibility index (Phi) is 7.60. The molecule has 0 spiro atoms. The Balaban J connectivity index is 1.44. The Hall–Kier alpha value is -1.71. The molecule has 184 valence electrons. The van der Waals surface area contributed by atoms with Crippen LogP contribution in [0.25, 0.3) is 0 Å². The maximum atomic E-state index is 13.5. The Morgan fingerprint density at radius 3 is 2.88 bits per heavy atom. The van der Waals surface area contributed by atoms with Gasteiger partial charge in [0.25, 0.3) is 0 Å². The summed E-state index contributed by atoms with van der Waals surface area (Å²) < 4.78 is 50.6. The third-order valence-corrected chi connectivity index (χ3v) is 7.34. The lowest BCUT2D eigenvalue weighted by Gasteiger charge is -2.38. The van der Waals surface area contributed by atoms with E-state index >= 15 is 0 Å². The summed E-state index contributed by atoms with van der Waals surface area (Å²) in [4.78, 5) is 19.5. The van der Waals surface area contributed by atoms with E-state index in [0.717, 1.165) is 44.7 Å². The average molecular weight is 470 g/mol. The van der Waals surface area contributed by atoms with Gasteiger partial charge in [0.2, 0.25) is 5.91 Å². The molecule has 1 unspecified atom stereocenters. The average Bonchev–Trinajstić information content (AvgIpc) is 3.26. The van der Waals surface area contributed by atoms with Gasteiger partial charge >= 0.3 is 6.18 Å². The summed E-state index contributed by atoms with van der Waals surface area (Å²) in [5.41, 5.74) is 0.446. The number of hydrogen-bond acceptors (Lipinski definition) is 5. The monoisotopic (exact) mass is 469 g/mol. The third kappa shape index (κ3) is 5.52. The molecule has 1 saturated carbocycles. The van der Waals surface area contributed by atoms with E-state index in [1.807, 2.05) is 4.90 Å². The molecule has 1 saturated heterocycles. The van der Waals surface area contributed by atoms with Crippen molar-refractivity contribution in [3.63, 3.8) is 0 Å². The minimum Gasteiger partial charge on any atom is -0.379 e. The first-order valence-electron chi connectivity index (χ1n) is 12.0. The number of nitrogens with zero attached hydrogens (tertiary/aromatic N) is 2. The summed E-state index contributed by atoms with van der Waals surface area (Å²) in [6.07, 6.45) is 2.05. The normalized spacial score (nSPS) is 30.3. The van der Waals surface area contributed by atoms with Crippen LogP contribution in [0.15, 0.2) is 12.3 Å². The number of methoxy groups -OCH3 is 1. The summed E-state index contributed by atoms with van der Waals surface area (Å²) in [5.74, 6) is -0.0425. The molecule has 9 heteroatoms. The number of amides is 1. The zero-order chi connectivity index (χ0) is 23.6. The van der Waals surface area contributed by atoms with Gasteiger partial charge in [-0.25, -0.2) is 0 Å². The van der Waals surface area contributed by atoms with E-state index in [0.29, 0.717) is 30.9 Å². The van der Waals surface area contributed by atoms with Crippen LogP contribution in [0.4, 0.5) is 13.2 Å². The van der Waals surface area contributed by atoms with Crippen molar-refractivity contribution in [2.24, 2.45) is 5.92 Å². The first-order valence-corrected chi connectivity index (χ1v) is 12.0. The molecule has 2 fully saturated rings. The second-order valence-electron chi connectivity index (χ2n) is 9.56. The summed E-state index contributed by atoms with van der Waals surface area (Å²) in [5, 5.41) is 3.67. The molecule has 33 heavy (non-hydrogen) atoms. The van der Waals surface area contributed by atoms with Gasteiger partial charge in [-0.2, -0.15) is 13.2 Å². The van der Waals surface area contributed by atoms with Gasteiger partial charge in [-0.15, -0.1) is 0 Å². The van der Waals surface area contributed by atoms with Crippen molar-refractivity contribution in [3.05, 3.63) is 29.1 Å². The maximum Gasteiger partial charge on any atom is 0.417 e. The van der Waals surface area contributed by atoms with E-state index in [9.17, 15) is 18.0 Å². The van der Waals surface area contributed by atoms with E-state index in [1.54, 1.807) is 7.11 Å². The fraction of sp³-hybridized carbons (Fsp3) is 0.750. The van der Waals surface area contributed by atoms with E-state index < -0.39 is 11.7 Å². The number of nitrogens with one attached hydrogen (secondary N) is 1.